The van der Waals surface area contributed by atoms with Gasteiger partial charge < -0.3 is 14.7 Å². The first-order valence-corrected chi connectivity index (χ1v) is 12.6. The predicted octanol–water partition coefficient (Wildman–Crippen LogP) is 3.65. The van der Waals surface area contributed by atoms with Crippen molar-refractivity contribution in [1.82, 2.24) is 9.80 Å². The Labute approximate surface area is 202 Å². The number of carbonyl (C=O) groups excluding carboxylic acids is 1. The monoisotopic (exact) mass is 458 g/mol. The molecule has 178 valence electrons. The number of rotatable bonds is 4. The van der Waals surface area contributed by atoms with E-state index in [1.165, 1.54) is 12.0 Å². The first kappa shape index (κ1) is 23.0. The first-order chi connectivity index (χ1) is 16.7. The van der Waals surface area contributed by atoms with E-state index in [1.54, 1.807) is 7.11 Å². The summed E-state index contributed by atoms with van der Waals surface area (Å²) in [6.07, 6.45) is 5.39. The smallest absolute Gasteiger partial charge is 0.225 e. The van der Waals surface area contributed by atoms with Gasteiger partial charge in [-0.25, -0.2) is 0 Å². The lowest BCUT2D eigenvalue weighted by Gasteiger charge is -2.57. The Kier molecular flexibility index (Phi) is 6.89. The van der Waals surface area contributed by atoms with Gasteiger partial charge in [0.25, 0.3) is 0 Å². The molecule has 0 bridgehead atoms. The molecule has 0 spiro atoms. The Morgan fingerprint density at radius 3 is 2.50 bits per heavy atom. The Morgan fingerprint density at radius 1 is 1.03 bits per heavy atom. The van der Waals surface area contributed by atoms with E-state index in [-0.39, 0.29) is 30.5 Å². The van der Waals surface area contributed by atoms with Crippen LogP contribution in [0.3, 0.4) is 0 Å². The molecule has 0 unspecified atom stereocenters. The van der Waals surface area contributed by atoms with Gasteiger partial charge in [-0.05, 0) is 62.1 Å². The van der Waals surface area contributed by atoms with Crippen LogP contribution in [-0.2, 0) is 4.79 Å². The first-order valence-electron chi connectivity index (χ1n) is 12.6. The lowest BCUT2D eigenvalue weighted by atomic mass is 9.74. The van der Waals surface area contributed by atoms with Gasteiger partial charge in [0.1, 0.15) is 5.75 Å². The van der Waals surface area contributed by atoms with Crippen LogP contribution in [0.5, 0.6) is 5.75 Å². The second kappa shape index (κ2) is 10.2. The lowest BCUT2D eigenvalue weighted by molar-refractivity contribution is -0.143. The zero-order valence-electron chi connectivity index (χ0n) is 20.0. The van der Waals surface area contributed by atoms with Crippen LogP contribution in [0.4, 0.5) is 0 Å². The molecular formula is C29H34N2O3. The van der Waals surface area contributed by atoms with Crippen molar-refractivity contribution in [2.75, 3.05) is 33.4 Å². The number of ether oxygens (including phenoxy) is 1. The van der Waals surface area contributed by atoms with Gasteiger partial charge in [-0.15, -0.1) is 0 Å². The third kappa shape index (κ3) is 4.45. The summed E-state index contributed by atoms with van der Waals surface area (Å²) in [6.45, 7) is 2.78. The fraction of sp³-hybridized carbons (Fsp3) is 0.483. The molecule has 2 heterocycles. The topological polar surface area (TPSA) is 53.0 Å². The second-order valence-corrected chi connectivity index (χ2v) is 9.77. The number of para-hydroxylation sites is 1. The molecule has 3 fully saturated rings. The van der Waals surface area contributed by atoms with Crippen molar-refractivity contribution in [1.29, 1.82) is 0 Å². The summed E-state index contributed by atoms with van der Waals surface area (Å²) in [6, 6.07) is 16.6. The number of aliphatic hydroxyl groups excluding tert-OH is 1. The highest BCUT2D eigenvalue weighted by Gasteiger charge is 2.49. The molecule has 3 atom stereocenters. The Balaban J connectivity index is 1.33. The van der Waals surface area contributed by atoms with Gasteiger partial charge in [-0.2, -0.15) is 0 Å². The van der Waals surface area contributed by atoms with Crippen LogP contribution in [0.25, 0.3) is 0 Å². The van der Waals surface area contributed by atoms with Crippen molar-refractivity contribution in [2.45, 2.75) is 50.1 Å². The van der Waals surface area contributed by atoms with Crippen LogP contribution < -0.4 is 4.74 Å². The third-order valence-corrected chi connectivity index (χ3v) is 7.88. The highest BCUT2D eigenvalue weighted by atomic mass is 16.5. The van der Waals surface area contributed by atoms with Gasteiger partial charge in [0.15, 0.2) is 0 Å². The molecule has 2 aliphatic heterocycles. The van der Waals surface area contributed by atoms with Crippen molar-refractivity contribution in [3.8, 4) is 17.6 Å². The van der Waals surface area contributed by atoms with E-state index in [0.29, 0.717) is 5.91 Å². The number of hydrogen-bond acceptors (Lipinski definition) is 4. The minimum absolute atomic E-state index is 0.120. The zero-order valence-corrected chi connectivity index (χ0v) is 20.0. The maximum absolute atomic E-state index is 13.0. The molecule has 34 heavy (non-hydrogen) atoms. The van der Waals surface area contributed by atoms with Crippen LogP contribution in [0.1, 0.15) is 54.7 Å². The second-order valence-electron chi connectivity index (χ2n) is 9.77. The summed E-state index contributed by atoms with van der Waals surface area (Å²) in [5.74, 6) is 8.05. The average Bonchev–Trinajstić information content (AvgIpc) is 2.81. The van der Waals surface area contributed by atoms with Crippen LogP contribution in [0.2, 0.25) is 0 Å². The number of methoxy groups -OCH3 is 1. The lowest BCUT2D eigenvalue weighted by Crippen LogP contribution is -2.68. The molecule has 5 heteroatoms. The number of benzene rings is 2. The Morgan fingerprint density at radius 2 is 1.79 bits per heavy atom. The zero-order chi connectivity index (χ0) is 23.5. The molecule has 1 amide bonds. The minimum Gasteiger partial charge on any atom is -0.495 e. The highest BCUT2D eigenvalue weighted by molar-refractivity contribution is 5.79. The number of hydrogen-bond donors (Lipinski definition) is 1. The molecular weight excluding hydrogens is 424 g/mol. The summed E-state index contributed by atoms with van der Waals surface area (Å²) in [5, 5.41) is 10.2. The van der Waals surface area contributed by atoms with Crippen molar-refractivity contribution in [3.05, 3.63) is 65.2 Å². The molecule has 0 aromatic heterocycles. The molecule has 5 rings (SSSR count). The predicted molar refractivity (Wildman–Crippen MR) is 133 cm³/mol. The van der Waals surface area contributed by atoms with Crippen LogP contribution >= 0.6 is 0 Å². The summed E-state index contributed by atoms with van der Waals surface area (Å²) >= 11 is 0. The molecule has 3 aliphatic rings. The van der Waals surface area contributed by atoms with E-state index in [9.17, 15) is 9.90 Å². The molecule has 2 saturated heterocycles. The Hall–Kier alpha value is -2.81. The summed E-state index contributed by atoms with van der Waals surface area (Å²) in [5.41, 5.74) is 3.04. The van der Waals surface area contributed by atoms with E-state index < -0.39 is 0 Å². The van der Waals surface area contributed by atoms with Gasteiger partial charge in [-0.1, -0.05) is 42.5 Å². The number of fused-ring (bicyclic) bond motifs is 1. The fourth-order valence-corrected chi connectivity index (χ4v) is 5.73. The molecule has 2 aromatic rings. The van der Waals surface area contributed by atoms with Crippen LogP contribution in [0.15, 0.2) is 48.5 Å². The molecule has 1 N–H and O–H groups in total. The van der Waals surface area contributed by atoms with E-state index in [2.05, 4.69) is 45.9 Å². The largest absolute Gasteiger partial charge is 0.495 e. The molecule has 1 aliphatic carbocycles. The molecule has 1 saturated carbocycles. The van der Waals surface area contributed by atoms with E-state index >= 15 is 0 Å². The van der Waals surface area contributed by atoms with Crippen LogP contribution in [-0.4, -0.2) is 66.2 Å². The molecule has 0 radical (unpaired) electrons. The quantitative estimate of drug-likeness (QED) is 0.711. The number of carbonyl (C=O) groups is 1. The Bertz CT molecular complexity index is 1070. The van der Waals surface area contributed by atoms with Gasteiger partial charge in [0, 0.05) is 42.6 Å². The van der Waals surface area contributed by atoms with Crippen molar-refractivity contribution in [3.63, 3.8) is 0 Å². The molecule has 2 aromatic carbocycles. The summed E-state index contributed by atoms with van der Waals surface area (Å²) < 4.78 is 5.39. The van der Waals surface area contributed by atoms with E-state index in [1.807, 2.05) is 24.3 Å². The van der Waals surface area contributed by atoms with Crippen molar-refractivity contribution in [2.24, 2.45) is 5.92 Å². The van der Waals surface area contributed by atoms with Crippen molar-refractivity contribution < 1.29 is 14.6 Å². The molecule has 5 nitrogen and oxygen atoms in total. The summed E-state index contributed by atoms with van der Waals surface area (Å²) in [4.78, 5) is 17.6. The van der Waals surface area contributed by atoms with Gasteiger partial charge >= 0.3 is 0 Å². The normalized spacial score (nSPS) is 25.0. The van der Waals surface area contributed by atoms with Gasteiger partial charge in [0.2, 0.25) is 5.91 Å². The minimum atomic E-state index is 0.120. The maximum Gasteiger partial charge on any atom is 0.225 e. The standard InChI is InChI=1S/C29H34N2O3/c1-34-27-10-3-2-7-22(27)14-11-21-12-15-23(16-13-21)28-25-19-30(29(33)24-8-6-9-24)17-4-5-18-31(25)26(28)20-32/h2-3,7,10,12-13,15-16,24-26,28,32H,4-6,8-9,17-20H2,1H3/t25-,26+,28-/m1/s1. The third-order valence-electron chi connectivity index (χ3n) is 7.88. The number of nitrogens with zero attached hydrogens (tertiary/aromatic N) is 2. The van der Waals surface area contributed by atoms with Gasteiger partial charge in [-0.3, -0.25) is 9.69 Å². The average molecular weight is 459 g/mol. The highest BCUT2D eigenvalue weighted by Crippen LogP contribution is 2.42. The number of amides is 1. The summed E-state index contributed by atoms with van der Waals surface area (Å²) in [7, 11) is 1.66. The number of aliphatic hydroxyl groups is 1. The van der Waals surface area contributed by atoms with E-state index in [4.69, 9.17) is 4.74 Å². The fourth-order valence-electron chi connectivity index (χ4n) is 5.73. The SMILES string of the molecule is COc1ccccc1C#Cc1ccc([C@@H]2[C@H]3CN(C(=O)C4CCC4)CCCCN3[C@H]2CO)cc1. The maximum atomic E-state index is 13.0. The van der Waals surface area contributed by atoms with Crippen LogP contribution in [0, 0.1) is 17.8 Å². The van der Waals surface area contributed by atoms with E-state index in [0.717, 1.165) is 62.2 Å². The van der Waals surface area contributed by atoms with Gasteiger partial charge in [0.05, 0.1) is 19.3 Å². The van der Waals surface area contributed by atoms with Crippen molar-refractivity contribution >= 4 is 5.91 Å².